The molecule has 5 N–H and O–H groups in total. The molecule has 1 aromatic heterocycles. The first-order valence-corrected chi connectivity index (χ1v) is 15.5. The highest BCUT2D eigenvalue weighted by atomic mass is 35.5. The number of nitrogens with zero attached hydrogens (tertiary/aromatic N) is 2. The highest BCUT2D eigenvalue weighted by Crippen LogP contribution is 2.52. The first-order chi connectivity index (χ1) is 22.1. The van der Waals surface area contributed by atoms with Crippen LogP contribution >= 0.6 is 11.6 Å². The van der Waals surface area contributed by atoms with E-state index in [1.54, 1.807) is 17.9 Å². The molecule has 2 amide bonds. The monoisotopic (exact) mass is 647 g/mol. The van der Waals surface area contributed by atoms with Gasteiger partial charge >= 0.3 is 0 Å². The lowest BCUT2D eigenvalue weighted by molar-refractivity contribution is -0.122. The quantitative estimate of drug-likeness (QED) is 0.254. The predicted molar refractivity (Wildman–Crippen MR) is 167 cm³/mol. The Balaban J connectivity index is 1.33. The number of hydrogen-bond acceptors (Lipinski definition) is 6. The third kappa shape index (κ3) is 4.98. The molecule has 238 valence electrons. The number of aromatic nitrogens is 2. The van der Waals surface area contributed by atoms with E-state index in [-0.39, 0.29) is 64.1 Å². The zero-order chi connectivity index (χ0) is 32.3. The fraction of sp³-hybridized carbons (Fsp3) is 0.324. The molecule has 1 fully saturated rings. The summed E-state index contributed by atoms with van der Waals surface area (Å²) < 4.78 is 46.3. The van der Waals surface area contributed by atoms with Gasteiger partial charge in [0.2, 0.25) is 11.8 Å². The van der Waals surface area contributed by atoms with Crippen molar-refractivity contribution in [1.82, 2.24) is 15.1 Å². The number of benzene rings is 3. The van der Waals surface area contributed by atoms with E-state index in [0.717, 1.165) is 18.4 Å². The standard InChI is InChI=1S/C34H32ClF2N5O4/c1-42-14-23-20-11-21(33(39)44)28(30(37)31(20)45-15-25(23)41-42)27-22-13-34(18-5-3-2-4-6-18,46-26(22)12-24(36)29(27)35)16-40-19-9-7-17(8-10-19)32(38)43/h2-6,11-12,14,17,19,40H,7-10,13,15-16H2,1H3,(H2,38,43)(H2,39,44)/t17?,19?,34-/m1/s1. The van der Waals surface area contributed by atoms with E-state index in [4.69, 9.17) is 32.5 Å². The van der Waals surface area contributed by atoms with Crippen LogP contribution in [0.2, 0.25) is 5.02 Å². The normalized spacial score (nSPS) is 21.5. The topological polar surface area (TPSA) is 134 Å². The van der Waals surface area contributed by atoms with Crippen molar-refractivity contribution in [2.75, 3.05) is 6.54 Å². The van der Waals surface area contributed by atoms with E-state index in [1.165, 1.54) is 12.1 Å². The number of amides is 2. The Kier molecular flexibility index (Phi) is 7.48. The second kappa shape index (κ2) is 11.4. The lowest BCUT2D eigenvalue weighted by Gasteiger charge is -2.34. The molecule has 3 heterocycles. The number of carbonyl (C=O) groups excluding carboxylic acids is 2. The van der Waals surface area contributed by atoms with Crippen LogP contribution in [0, 0.1) is 17.6 Å². The summed E-state index contributed by atoms with van der Waals surface area (Å²) in [6.07, 6.45) is 4.80. The largest absolute Gasteiger partial charge is 0.483 e. The van der Waals surface area contributed by atoms with Crippen molar-refractivity contribution in [3.8, 4) is 33.8 Å². The second-order valence-corrected chi connectivity index (χ2v) is 12.7. The maximum Gasteiger partial charge on any atom is 0.249 e. The second-order valence-electron chi connectivity index (χ2n) is 12.3. The lowest BCUT2D eigenvalue weighted by Crippen LogP contribution is -2.47. The number of ether oxygens (including phenoxy) is 2. The van der Waals surface area contributed by atoms with Crippen molar-refractivity contribution >= 4 is 23.4 Å². The highest BCUT2D eigenvalue weighted by molar-refractivity contribution is 6.34. The molecule has 1 aliphatic carbocycles. The summed E-state index contributed by atoms with van der Waals surface area (Å²) in [5.41, 5.74) is 12.7. The Morgan fingerprint density at radius 2 is 1.83 bits per heavy atom. The van der Waals surface area contributed by atoms with Gasteiger partial charge in [0.15, 0.2) is 17.2 Å². The van der Waals surface area contributed by atoms with Crippen LogP contribution in [0.5, 0.6) is 11.5 Å². The Morgan fingerprint density at radius 3 is 2.52 bits per heavy atom. The number of rotatable bonds is 7. The fourth-order valence-corrected chi connectivity index (χ4v) is 7.38. The van der Waals surface area contributed by atoms with Gasteiger partial charge in [-0.15, -0.1) is 0 Å². The number of nitrogens with two attached hydrogens (primary N) is 2. The van der Waals surface area contributed by atoms with Gasteiger partial charge in [-0.3, -0.25) is 14.3 Å². The summed E-state index contributed by atoms with van der Waals surface area (Å²) in [6, 6.07) is 12.2. The van der Waals surface area contributed by atoms with Crippen molar-refractivity contribution in [1.29, 1.82) is 0 Å². The number of carbonyl (C=O) groups is 2. The number of nitrogens with one attached hydrogen (secondary N) is 1. The van der Waals surface area contributed by atoms with Gasteiger partial charge < -0.3 is 26.3 Å². The molecule has 12 heteroatoms. The van der Waals surface area contributed by atoms with Crippen molar-refractivity contribution in [3.05, 3.63) is 87.7 Å². The minimum absolute atomic E-state index is 0.00822. The zero-order valence-electron chi connectivity index (χ0n) is 25.0. The Bertz CT molecular complexity index is 1890. The minimum atomic E-state index is -1.02. The van der Waals surface area contributed by atoms with Crippen molar-refractivity contribution < 1.29 is 27.8 Å². The van der Waals surface area contributed by atoms with E-state index >= 15 is 8.78 Å². The van der Waals surface area contributed by atoms with Crippen LogP contribution in [0.3, 0.4) is 0 Å². The Morgan fingerprint density at radius 1 is 1.09 bits per heavy atom. The smallest absolute Gasteiger partial charge is 0.249 e. The van der Waals surface area contributed by atoms with Gasteiger partial charge in [-0.1, -0.05) is 41.9 Å². The van der Waals surface area contributed by atoms with Crippen molar-refractivity contribution in [3.63, 3.8) is 0 Å². The molecule has 0 bridgehead atoms. The molecule has 0 unspecified atom stereocenters. The van der Waals surface area contributed by atoms with Gasteiger partial charge in [-0.2, -0.15) is 5.10 Å². The average molecular weight is 648 g/mol. The van der Waals surface area contributed by atoms with Crippen LogP contribution in [-0.2, 0) is 30.5 Å². The van der Waals surface area contributed by atoms with Crippen LogP contribution in [0.25, 0.3) is 22.3 Å². The zero-order valence-corrected chi connectivity index (χ0v) is 25.8. The Labute approximate surface area is 268 Å². The van der Waals surface area contributed by atoms with Gasteiger partial charge in [0, 0.05) is 72.1 Å². The summed E-state index contributed by atoms with van der Waals surface area (Å²) in [6.45, 7) is 0.343. The molecule has 0 saturated heterocycles. The third-order valence-electron chi connectivity index (χ3n) is 9.45. The van der Waals surface area contributed by atoms with E-state index in [2.05, 4.69) is 10.4 Å². The summed E-state index contributed by atoms with van der Waals surface area (Å²) in [7, 11) is 1.73. The molecule has 9 nitrogen and oxygen atoms in total. The highest BCUT2D eigenvalue weighted by Gasteiger charge is 2.45. The van der Waals surface area contributed by atoms with Gasteiger partial charge in [-0.25, -0.2) is 8.78 Å². The first-order valence-electron chi connectivity index (χ1n) is 15.2. The molecule has 0 spiro atoms. The first kappa shape index (κ1) is 30.2. The molecule has 1 atom stereocenters. The molecule has 1 saturated carbocycles. The minimum Gasteiger partial charge on any atom is -0.483 e. The SMILES string of the molecule is Cn1cc2c(n1)COc1c-2cc(C(N)=O)c(-c2c(Cl)c(F)cc3c2C[C@@](CNC2CCC(C(N)=O)CC2)(c2ccccc2)O3)c1F. The molecule has 46 heavy (non-hydrogen) atoms. The number of hydrogen-bond donors (Lipinski definition) is 3. The third-order valence-corrected chi connectivity index (χ3v) is 9.81. The number of primary amides is 2. The molecule has 3 aromatic carbocycles. The molecule has 0 radical (unpaired) electrons. The maximum absolute atomic E-state index is 16.7. The number of halogens is 3. The Hall–Kier alpha value is -4.48. The predicted octanol–water partition coefficient (Wildman–Crippen LogP) is 5.14. The lowest BCUT2D eigenvalue weighted by atomic mass is 9.83. The number of fused-ring (bicyclic) bond motifs is 4. The van der Waals surface area contributed by atoms with Gasteiger partial charge in [0.25, 0.3) is 0 Å². The van der Waals surface area contributed by atoms with Crippen LogP contribution < -0.4 is 26.3 Å². The van der Waals surface area contributed by atoms with Crippen LogP contribution in [0.1, 0.15) is 52.9 Å². The van der Waals surface area contributed by atoms with E-state index in [1.807, 2.05) is 30.3 Å². The van der Waals surface area contributed by atoms with E-state index < -0.39 is 23.1 Å². The molecular formula is C34H32ClF2N5O4. The summed E-state index contributed by atoms with van der Waals surface area (Å²) >= 11 is 6.65. The molecule has 2 aliphatic heterocycles. The van der Waals surface area contributed by atoms with Crippen LogP contribution in [-0.4, -0.2) is 34.2 Å². The van der Waals surface area contributed by atoms with Gasteiger partial charge in [-0.05, 0) is 37.3 Å². The van der Waals surface area contributed by atoms with Crippen LogP contribution in [0.15, 0.2) is 48.7 Å². The summed E-state index contributed by atoms with van der Waals surface area (Å²) in [4.78, 5) is 24.6. The van der Waals surface area contributed by atoms with E-state index in [0.29, 0.717) is 41.8 Å². The number of aryl methyl sites for hydroxylation is 1. The van der Waals surface area contributed by atoms with Crippen molar-refractivity contribution in [2.24, 2.45) is 24.4 Å². The van der Waals surface area contributed by atoms with Crippen LogP contribution in [0.4, 0.5) is 8.78 Å². The summed E-state index contributed by atoms with van der Waals surface area (Å²) in [5.74, 6) is -2.96. The fourth-order valence-electron chi connectivity index (χ4n) is 7.11. The van der Waals surface area contributed by atoms with Gasteiger partial charge in [0.1, 0.15) is 23.9 Å². The average Bonchev–Trinajstić information content (AvgIpc) is 3.62. The molecule has 3 aliphatic rings. The molecule has 7 rings (SSSR count). The maximum atomic E-state index is 16.7. The van der Waals surface area contributed by atoms with Gasteiger partial charge in [0.05, 0.1) is 10.6 Å². The summed E-state index contributed by atoms with van der Waals surface area (Å²) in [5, 5.41) is 7.60. The van der Waals surface area contributed by atoms with E-state index in [9.17, 15) is 9.59 Å². The molecular weight excluding hydrogens is 616 g/mol. The van der Waals surface area contributed by atoms with Crippen molar-refractivity contribution in [2.45, 2.75) is 50.4 Å². The molecule has 4 aromatic rings.